The van der Waals surface area contributed by atoms with Gasteiger partial charge in [0.1, 0.15) is 5.75 Å². The van der Waals surface area contributed by atoms with Gasteiger partial charge in [-0.3, -0.25) is 9.20 Å². The van der Waals surface area contributed by atoms with Crippen molar-refractivity contribution in [3.05, 3.63) is 60.0 Å². The zero-order valence-electron chi connectivity index (χ0n) is 13.6. The molecule has 6 nitrogen and oxygen atoms in total. The minimum absolute atomic E-state index is 0.0180. The number of amides is 1. The standard InChI is InChI=1S/C18H20N4O2/c1-14-6-4-7-15(12-14)24-11-5-9-18(23)19-13-17-21-20-16-8-2-3-10-22(16)17/h2-4,6-8,10,12H,5,9,11,13H2,1H3,(H,19,23). The first kappa shape index (κ1) is 16.0. The van der Waals surface area contributed by atoms with Crippen LogP contribution in [0.3, 0.4) is 0 Å². The Labute approximate surface area is 140 Å². The molecule has 24 heavy (non-hydrogen) atoms. The molecular weight excluding hydrogens is 304 g/mol. The van der Waals surface area contributed by atoms with E-state index in [0.29, 0.717) is 26.0 Å². The number of hydrogen-bond donors (Lipinski definition) is 1. The van der Waals surface area contributed by atoms with Gasteiger partial charge < -0.3 is 10.1 Å². The molecule has 1 amide bonds. The summed E-state index contributed by atoms with van der Waals surface area (Å²) in [4.78, 5) is 11.9. The predicted molar refractivity (Wildman–Crippen MR) is 90.7 cm³/mol. The number of hydrogen-bond acceptors (Lipinski definition) is 4. The Morgan fingerprint density at radius 3 is 3.00 bits per heavy atom. The van der Waals surface area contributed by atoms with Crippen molar-refractivity contribution in [2.24, 2.45) is 0 Å². The molecule has 0 aliphatic rings. The molecule has 2 aromatic heterocycles. The maximum Gasteiger partial charge on any atom is 0.220 e. The van der Waals surface area contributed by atoms with Gasteiger partial charge in [-0.05, 0) is 43.2 Å². The van der Waals surface area contributed by atoms with Gasteiger partial charge in [-0.2, -0.15) is 0 Å². The van der Waals surface area contributed by atoms with Gasteiger partial charge in [-0.25, -0.2) is 0 Å². The molecule has 0 bridgehead atoms. The largest absolute Gasteiger partial charge is 0.494 e. The highest BCUT2D eigenvalue weighted by Crippen LogP contribution is 2.12. The molecule has 0 radical (unpaired) electrons. The zero-order valence-corrected chi connectivity index (χ0v) is 13.6. The van der Waals surface area contributed by atoms with Crippen molar-refractivity contribution in [1.82, 2.24) is 19.9 Å². The third-order valence-corrected chi connectivity index (χ3v) is 3.63. The molecule has 6 heteroatoms. The van der Waals surface area contributed by atoms with E-state index in [1.165, 1.54) is 0 Å². The van der Waals surface area contributed by atoms with Crippen molar-refractivity contribution in [1.29, 1.82) is 0 Å². The molecule has 0 aliphatic heterocycles. The van der Waals surface area contributed by atoms with Crippen LogP contribution in [0.2, 0.25) is 0 Å². The fourth-order valence-electron chi connectivity index (χ4n) is 2.41. The van der Waals surface area contributed by atoms with Gasteiger partial charge in [0.25, 0.3) is 0 Å². The fraction of sp³-hybridized carbons (Fsp3) is 0.278. The molecule has 3 aromatic rings. The lowest BCUT2D eigenvalue weighted by Crippen LogP contribution is -2.24. The summed E-state index contributed by atoms with van der Waals surface area (Å²) in [5.41, 5.74) is 1.93. The quantitative estimate of drug-likeness (QED) is 0.678. The number of fused-ring (bicyclic) bond motifs is 1. The van der Waals surface area contributed by atoms with Crippen molar-refractivity contribution >= 4 is 11.6 Å². The molecule has 3 rings (SSSR count). The van der Waals surface area contributed by atoms with Crippen molar-refractivity contribution < 1.29 is 9.53 Å². The minimum Gasteiger partial charge on any atom is -0.494 e. The molecule has 0 aliphatic carbocycles. The number of nitrogens with one attached hydrogen (secondary N) is 1. The summed E-state index contributed by atoms with van der Waals surface area (Å²) in [6, 6.07) is 13.6. The van der Waals surface area contributed by atoms with Crippen molar-refractivity contribution in [2.75, 3.05) is 6.61 Å². The summed E-state index contributed by atoms with van der Waals surface area (Å²) in [6.45, 7) is 2.90. The van der Waals surface area contributed by atoms with Crippen LogP contribution in [0.4, 0.5) is 0 Å². The number of nitrogens with zero attached hydrogens (tertiary/aromatic N) is 3. The van der Waals surface area contributed by atoms with Gasteiger partial charge >= 0.3 is 0 Å². The second-order valence-electron chi connectivity index (χ2n) is 5.59. The van der Waals surface area contributed by atoms with Gasteiger partial charge in [0.15, 0.2) is 11.5 Å². The van der Waals surface area contributed by atoms with Gasteiger partial charge in [-0.15, -0.1) is 10.2 Å². The first-order valence-electron chi connectivity index (χ1n) is 7.97. The van der Waals surface area contributed by atoms with E-state index in [9.17, 15) is 4.79 Å². The molecule has 124 valence electrons. The number of rotatable bonds is 7. The molecule has 0 saturated heterocycles. The van der Waals surface area contributed by atoms with E-state index >= 15 is 0 Å². The SMILES string of the molecule is Cc1cccc(OCCCC(=O)NCc2nnc3ccccn23)c1. The molecule has 0 spiro atoms. The topological polar surface area (TPSA) is 68.5 Å². The predicted octanol–water partition coefficient (Wildman–Crippen LogP) is 2.51. The molecule has 0 saturated carbocycles. The summed E-state index contributed by atoms with van der Waals surface area (Å²) < 4.78 is 7.50. The maximum atomic E-state index is 11.9. The second-order valence-corrected chi connectivity index (χ2v) is 5.59. The Hall–Kier alpha value is -2.89. The van der Waals surface area contributed by atoms with Gasteiger partial charge in [0, 0.05) is 12.6 Å². The van der Waals surface area contributed by atoms with Crippen molar-refractivity contribution in [2.45, 2.75) is 26.3 Å². The summed E-state index contributed by atoms with van der Waals surface area (Å²) >= 11 is 0. The number of pyridine rings is 1. The first-order valence-corrected chi connectivity index (χ1v) is 7.97. The number of ether oxygens (including phenoxy) is 1. The molecule has 1 N–H and O–H groups in total. The number of aryl methyl sites for hydroxylation is 1. The number of benzene rings is 1. The average Bonchev–Trinajstić information content (AvgIpc) is 3.00. The molecule has 1 aromatic carbocycles. The van der Waals surface area contributed by atoms with E-state index in [0.717, 1.165) is 22.8 Å². The highest BCUT2D eigenvalue weighted by molar-refractivity contribution is 5.75. The molecule has 0 atom stereocenters. The van der Waals surface area contributed by atoms with E-state index in [1.807, 2.05) is 60.0 Å². The molecular formula is C18H20N4O2. The summed E-state index contributed by atoms with van der Waals surface area (Å²) in [5, 5.41) is 11.0. The summed E-state index contributed by atoms with van der Waals surface area (Å²) in [7, 11) is 0. The van der Waals surface area contributed by atoms with Crippen LogP contribution in [0.1, 0.15) is 24.2 Å². The van der Waals surface area contributed by atoms with E-state index in [2.05, 4.69) is 15.5 Å². The Morgan fingerprint density at radius 1 is 1.21 bits per heavy atom. The lowest BCUT2D eigenvalue weighted by molar-refractivity contribution is -0.121. The normalized spacial score (nSPS) is 10.7. The maximum absolute atomic E-state index is 11.9. The smallest absolute Gasteiger partial charge is 0.220 e. The van der Waals surface area contributed by atoms with Crippen molar-refractivity contribution in [3.63, 3.8) is 0 Å². The lowest BCUT2D eigenvalue weighted by Gasteiger charge is -2.07. The summed E-state index contributed by atoms with van der Waals surface area (Å²) in [6.07, 6.45) is 2.97. The van der Waals surface area contributed by atoms with Crippen LogP contribution in [0.5, 0.6) is 5.75 Å². The average molecular weight is 324 g/mol. The number of aromatic nitrogens is 3. The van der Waals surface area contributed by atoms with Crippen LogP contribution >= 0.6 is 0 Å². The zero-order chi connectivity index (χ0) is 16.8. The van der Waals surface area contributed by atoms with Crippen molar-refractivity contribution in [3.8, 4) is 5.75 Å². The second kappa shape index (κ2) is 7.59. The first-order chi connectivity index (χ1) is 11.7. The number of carbonyl (C=O) groups excluding carboxylic acids is 1. The van der Waals surface area contributed by atoms with Crippen LogP contribution in [0.15, 0.2) is 48.7 Å². The van der Waals surface area contributed by atoms with E-state index < -0.39 is 0 Å². The van der Waals surface area contributed by atoms with Crippen LogP contribution in [-0.2, 0) is 11.3 Å². The highest BCUT2D eigenvalue weighted by Gasteiger charge is 2.07. The number of carbonyl (C=O) groups is 1. The Bertz CT molecular complexity index is 829. The van der Waals surface area contributed by atoms with E-state index in [4.69, 9.17) is 4.74 Å². The molecule has 0 fully saturated rings. The minimum atomic E-state index is -0.0180. The monoisotopic (exact) mass is 324 g/mol. The Morgan fingerprint density at radius 2 is 2.12 bits per heavy atom. The Kier molecular flexibility index (Phi) is 5.05. The van der Waals surface area contributed by atoms with Crippen LogP contribution in [0.25, 0.3) is 5.65 Å². The van der Waals surface area contributed by atoms with Crippen LogP contribution in [-0.4, -0.2) is 27.1 Å². The third kappa shape index (κ3) is 4.10. The van der Waals surface area contributed by atoms with Gasteiger partial charge in [0.05, 0.1) is 13.2 Å². The summed E-state index contributed by atoms with van der Waals surface area (Å²) in [5.74, 6) is 1.54. The fourth-order valence-corrected chi connectivity index (χ4v) is 2.41. The highest BCUT2D eigenvalue weighted by atomic mass is 16.5. The van der Waals surface area contributed by atoms with Crippen LogP contribution < -0.4 is 10.1 Å². The van der Waals surface area contributed by atoms with E-state index in [1.54, 1.807) is 0 Å². The van der Waals surface area contributed by atoms with Gasteiger partial charge in [0.2, 0.25) is 5.91 Å². The third-order valence-electron chi connectivity index (χ3n) is 3.63. The van der Waals surface area contributed by atoms with Crippen LogP contribution in [0, 0.1) is 6.92 Å². The molecule has 2 heterocycles. The van der Waals surface area contributed by atoms with Gasteiger partial charge in [-0.1, -0.05) is 18.2 Å². The lowest BCUT2D eigenvalue weighted by atomic mass is 10.2. The Balaban J connectivity index is 1.40. The molecule has 0 unspecified atom stereocenters. The van der Waals surface area contributed by atoms with E-state index in [-0.39, 0.29) is 5.91 Å².